The summed E-state index contributed by atoms with van der Waals surface area (Å²) in [6.45, 7) is 0. The van der Waals surface area contributed by atoms with Gasteiger partial charge in [-0.25, -0.2) is 10.3 Å². The van der Waals surface area contributed by atoms with E-state index in [0.717, 1.165) is 22.3 Å². The van der Waals surface area contributed by atoms with Crippen molar-refractivity contribution < 1.29 is 19.3 Å². The minimum absolute atomic E-state index is 0.139. The van der Waals surface area contributed by atoms with Crippen LogP contribution in [0.5, 0.6) is 0 Å². The Morgan fingerprint density at radius 2 is 1.48 bits per heavy atom. The lowest BCUT2D eigenvalue weighted by molar-refractivity contribution is -0.384. The third-order valence-electron chi connectivity index (χ3n) is 8.55. The average molecular weight is 577 g/mol. The summed E-state index contributed by atoms with van der Waals surface area (Å²) >= 11 is 6.48. The predicted molar refractivity (Wildman–Crippen MR) is 155 cm³/mol. The lowest BCUT2D eigenvalue weighted by Crippen LogP contribution is -2.54. The number of imide groups is 1. The summed E-state index contributed by atoms with van der Waals surface area (Å²) in [5.74, 6) is -3.20. The summed E-state index contributed by atoms with van der Waals surface area (Å²) in [5, 5.41) is 15.6. The quantitative estimate of drug-likeness (QED) is 0.151. The molecule has 0 saturated carbocycles. The van der Waals surface area contributed by atoms with Crippen LogP contribution < -0.4 is 10.3 Å². The second-order valence-electron chi connectivity index (χ2n) is 10.5. The molecule has 2 bridgehead atoms. The van der Waals surface area contributed by atoms with Gasteiger partial charge in [-0.3, -0.25) is 24.5 Å². The van der Waals surface area contributed by atoms with Crippen molar-refractivity contribution in [3.8, 4) is 0 Å². The Morgan fingerprint density at radius 3 is 2.10 bits per heavy atom. The van der Waals surface area contributed by atoms with Crippen molar-refractivity contribution >= 4 is 46.9 Å². The molecular weight excluding hydrogens is 556 g/mol. The van der Waals surface area contributed by atoms with Gasteiger partial charge in [-0.15, -0.1) is 0 Å². The van der Waals surface area contributed by atoms with Crippen LogP contribution in [0.2, 0.25) is 5.02 Å². The first-order chi connectivity index (χ1) is 20.3. The minimum atomic E-state index is -1.17. The number of amides is 3. The second kappa shape index (κ2) is 9.46. The number of nitro benzene ring substituents is 1. The van der Waals surface area contributed by atoms with Gasteiger partial charge in [0.05, 0.1) is 32.9 Å². The Balaban J connectivity index is 1.37. The Morgan fingerprint density at radius 1 is 0.881 bits per heavy atom. The molecule has 42 heavy (non-hydrogen) atoms. The van der Waals surface area contributed by atoms with Crippen LogP contribution in [0.4, 0.5) is 11.4 Å². The first-order valence-electron chi connectivity index (χ1n) is 13.2. The molecule has 3 amide bonds. The number of carbonyl (C=O) groups excluding carboxylic acids is 3. The molecule has 206 valence electrons. The van der Waals surface area contributed by atoms with Crippen LogP contribution in [-0.4, -0.2) is 28.9 Å². The molecule has 4 aromatic rings. The lowest BCUT2D eigenvalue weighted by atomic mass is 9.47. The van der Waals surface area contributed by atoms with Crippen LogP contribution >= 0.6 is 11.6 Å². The Labute approximate surface area is 244 Å². The number of carbonyl (C=O) groups is 3. The SMILES string of the molecule is O=C(N/N=C\C12c3ccccc3C(c3ccccc31)[C@H]1C(=O)N(c3ccccc3Cl)C(=O)[C@H]12)c1ccc([N+](=O)[O-])cc1. The molecule has 1 N–H and O–H groups in total. The van der Waals surface area contributed by atoms with Gasteiger partial charge >= 0.3 is 0 Å². The van der Waals surface area contributed by atoms with Crippen LogP contribution in [0, 0.1) is 22.0 Å². The number of hydrogen-bond acceptors (Lipinski definition) is 6. The van der Waals surface area contributed by atoms with E-state index in [-0.39, 0.29) is 29.0 Å². The summed E-state index contributed by atoms with van der Waals surface area (Å²) in [6.07, 6.45) is 1.56. The molecule has 9 nitrogen and oxygen atoms in total. The van der Waals surface area contributed by atoms with Crippen molar-refractivity contribution in [1.82, 2.24) is 5.43 Å². The number of hydrogen-bond donors (Lipinski definition) is 1. The fourth-order valence-corrected chi connectivity index (χ4v) is 7.13. The maximum absolute atomic E-state index is 14.4. The molecule has 10 heteroatoms. The van der Waals surface area contributed by atoms with E-state index < -0.39 is 28.1 Å². The standard InChI is InChI=1S/C32H21ClN4O5/c33-24-11-5-6-12-25(24)36-30(39)27-26-20-7-1-3-9-22(20)32(28(27)31(36)40,23-10-4-2-8-21(23)26)17-34-35-29(38)18-13-15-19(16-14-18)37(41)42/h1-17,26-28H,(H,35,38)/b34-17-/t26?,27-,28+,32?/m1/s1. The molecule has 1 aliphatic heterocycles. The number of rotatable bonds is 5. The van der Waals surface area contributed by atoms with Crippen LogP contribution in [0.1, 0.15) is 38.5 Å². The Hall–Kier alpha value is -5.15. The molecule has 1 saturated heterocycles. The van der Waals surface area contributed by atoms with Gasteiger partial charge in [0.2, 0.25) is 11.8 Å². The van der Waals surface area contributed by atoms with Crippen molar-refractivity contribution in [3.05, 3.63) is 140 Å². The highest BCUT2D eigenvalue weighted by Gasteiger charge is 2.68. The van der Waals surface area contributed by atoms with Crippen molar-refractivity contribution in [2.45, 2.75) is 11.3 Å². The molecule has 4 aromatic carbocycles. The third kappa shape index (κ3) is 3.50. The number of benzene rings is 4. The van der Waals surface area contributed by atoms with E-state index in [4.69, 9.17) is 11.6 Å². The van der Waals surface area contributed by atoms with Crippen LogP contribution in [0.3, 0.4) is 0 Å². The second-order valence-corrected chi connectivity index (χ2v) is 10.9. The summed E-state index contributed by atoms with van der Waals surface area (Å²) in [6, 6.07) is 27.3. The average Bonchev–Trinajstić information content (AvgIpc) is 3.28. The van der Waals surface area contributed by atoms with Crippen molar-refractivity contribution in [2.75, 3.05) is 4.90 Å². The zero-order chi connectivity index (χ0) is 29.2. The fourth-order valence-electron chi connectivity index (χ4n) is 6.91. The van der Waals surface area contributed by atoms with Crippen LogP contribution in [0.25, 0.3) is 0 Å². The topological polar surface area (TPSA) is 122 Å². The number of nitro groups is 1. The summed E-state index contributed by atoms with van der Waals surface area (Å²) in [5.41, 5.74) is 5.24. The van der Waals surface area contributed by atoms with E-state index in [1.807, 2.05) is 48.5 Å². The number of non-ortho nitro benzene ring substituents is 1. The fraction of sp³-hybridized carbons (Fsp3) is 0.125. The molecule has 1 heterocycles. The number of anilines is 1. The first-order valence-corrected chi connectivity index (χ1v) is 13.6. The van der Waals surface area contributed by atoms with Gasteiger partial charge in [-0.2, -0.15) is 5.10 Å². The van der Waals surface area contributed by atoms with Gasteiger partial charge < -0.3 is 0 Å². The number of nitrogens with zero attached hydrogens (tertiary/aromatic N) is 3. The van der Waals surface area contributed by atoms with Crippen molar-refractivity contribution in [3.63, 3.8) is 0 Å². The minimum Gasteiger partial charge on any atom is -0.274 e. The van der Waals surface area contributed by atoms with E-state index in [0.29, 0.717) is 10.7 Å². The zero-order valence-electron chi connectivity index (χ0n) is 21.8. The summed E-state index contributed by atoms with van der Waals surface area (Å²) < 4.78 is 0. The van der Waals surface area contributed by atoms with Crippen LogP contribution in [0.15, 0.2) is 102 Å². The van der Waals surface area contributed by atoms with E-state index in [9.17, 15) is 24.5 Å². The molecule has 2 atom stereocenters. The number of para-hydroxylation sites is 1. The molecule has 0 aromatic heterocycles. The predicted octanol–water partition coefficient (Wildman–Crippen LogP) is 5.21. The summed E-state index contributed by atoms with van der Waals surface area (Å²) in [7, 11) is 0. The Bertz CT molecular complexity index is 1810. The first kappa shape index (κ1) is 25.8. The maximum atomic E-state index is 14.4. The van der Waals surface area contributed by atoms with Gasteiger partial charge in [-0.1, -0.05) is 72.3 Å². The lowest BCUT2D eigenvalue weighted by Gasteiger charge is -2.52. The summed E-state index contributed by atoms with van der Waals surface area (Å²) in [4.78, 5) is 53.1. The molecule has 8 rings (SSSR count). The van der Waals surface area contributed by atoms with E-state index in [1.165, 1.54) is 29.2 Å². The highest BCUT2D eigenvalue weighted by atomic mass is 35.5. The number of nitrogens with one attached hydrogen (secondary N) is 1. The molecule has 1 fully saturated rings. The maximum Gasteiger partial charge on any atom is 0.271 e. The highest BCUT2D eigenvalue weighted by molar-refractivity contribution is 6.36. The number of hydrazone groups is 1. The molecule has 3 aliphatic carbocycles. The van der Waals surface area contributed by atoms with Crippen molar-refractivity contribution in [1.29, 1.82) is 0 Å². The van der Waals surface area contributed by atoms with E-state index in [1.54, 1.807) is 30.5 Å². The molecule has 0 unspecified atom stereocenters. The smallest absolute Gasteiger partial charge is 0.271 e. The monoisotopic (exact) mass is 576 g/mol. The Kier molecular flexibility index (Phi) is 5.81. The van der Waals surface area contributed by atoms with Crippen LogP contribution in [-0.2, 0) is 15.0 Å². The van der Waals surface area contributed by atoms with Gasteiger partial charge in [0.15, 0.2) is 0 Å². The molecule has 0 spiro atoms. The van der Waals surface area contributed by atoms with Crippen molar-refractivity contribution in [2.24, 2.45) is 16.9 Å². The van der Waals surface area contributed by atoms with E-state index >= 15 is 0 Å². The number of halogens is 1. The molecular formula is C32H21ClN4O5. The van der Waals surface area contributed by atoms with E-state index in [2.05, 4.69) is 10.5 Å². The largest absolute Gasteiger partial charge is 0.274 e. The van der Waals surface area contributed by atoms with Gasteiger partial charge in [-0.05, 0) is 46.5 Å². The normalized spacial score (nSPS) is 23.5. The van der Waals surface area contributed by atoms with Gasteiger partial charge in [0, 0.05) is 29.8 Å². The zero-order valence-corrected chi connectivity index (χ0v) is 22.6. The highest BCUT2D eigenvalue weighted by Crippen LogP contribution is 2.63. The van der Waals surface area contributed by atoms with Gasteiger partial charge in [0.1, 0.15) is 0 Å². The molecule has 4 aliphatic rings. The van der Waals surface area contributed by atoms with Gasteiger partial charge in [0.25, 0.3) is 11.6 Å². The molecule has 0 radical (unpaired) electrons. The third-order valence-corrected chi connectivity index (χ3v) is 8.87.